The van der Waals surface area contributed by atoms with Crippen molar-refractivity contribution >= 4 is 21.5 Å². The molecule has 2 aliphatic carbocycles. The molecule has 3 N–H and O–H groups in total. The van der Waals surface area contributed by atoms with Crippen LogP contribution in [0.3, 0.4) is 0 Å². The van der Waals surface area contributed by atoms with Crippen LogP contribution in [0.1, 0.15) is 35.1 Å². The fourth-order valence-corrected chi connectivity index (χ4v) is 4.59. The summed E-state index contributed by atoms with van der Waals surface area (Å²) >= 11 is 0. The molecule has 23 heavy (non-hydrogen) atoms. The smallest absolute Gasteiger partial charge is 0.110 e. The molecule has 0 fully saturated rings. The zero-order valence-corrected chi connectivity index (χ0v) is 12.6. The SMILES string of the molecule is OC1c2ccc3c4c(cc5ccccc53)CCC(c24)C(O)C1O. The second kappa shape index (κ2) is 4.54. The number of hydrogen-bond acceptors (Lipinski definition) is 3. The van der Waals surface area contributed by atoms with E-state index in [0.717, 1.165) is 24.0 Å². The minimum atomic E-state index is -1.10. The first-order valence-electron chi connectivity index (χ1n) is 8.18. The van der Waals surface area contributed by atoms with E-state index in [0.29, 0.717) is 0 Å². The maximum Gasteiger partial charge on any atom is 0.110 e. The van der Waals surface area contributed by atoms with E-state index in [-0.39, 0.29) is 5.92 Å². The van der Waals surface area contributed by atoms with Crippen molar-refractivity contribution in [1.82, 2.24) is 0 Å². The zero-order valence-electron chi connectivity index (χ0n) is 12.6. The van der Waals surface area contributed by atoms with E-state index in [1.165, 1.54) is 27.1 Å². The average Bonchev–Trinajstić information content (AvgIpc) is 2.59. The standard InChI is InChI=1S/C20H18O3/c21-18-14-6-5-11-9-10-3-1-2-4-12(10)13-7-8-15(17(14)16(11)13)19(22)20(18)23/h1-4,7-9,14,18-23H,5-6H2. The number of aliphatic hydroxyl groups excluding tert-OH is 3. The molecule has 2 aliphatic rings. The number of benzene rings is 3. The summed E-state index contributed by atoms with van der Waals surface area (Å²) in [6, 6.07) is 14.5. The van der Waals surface area contributed by atoms with E-state index in [1.807, 2.05) is 12.1 Å². The number of hydrogen-bond donors (Lipinski definition) is 3. The van der Waals surface area contributed by atoms with Gasteiger partial charge in [0.15, 0.2) is 0 Å². The molecular formula is C20H18O3. The molecule has 3 nitrogen and oxygen atoms in total. The molecule has 5 rings (SSSR count). The van der Waals surface area contributed by atoms with Gasteiger partial charge in [0.25, 0.3) is 0 Å². The van der Waals surface area contributed by atoms with Gasteiger partial charge in [-0.05, 0) is 51.1 Å². The van der Waals surface area contributed by atoms with Crippen LogP contribution in [-0.2, 0) is 6.42 Å². The molecule has 0 bridgehead atoms. The van der Waals surface area contributed by atoms with Crippen molar-refractivity contribution in [3.05, 3.63) is 59.2 Å². The Hall–Kier alpha value is -1.94. The Bertz CT molecular complexity index is 946. The van der Waals surface area contributed by atoms with Gasteiger partial charge in [0.1, 0.15) is 12.2 Å². The van der Waals surface area contributed by atoms with E-state index in [2.05, 4.69) is 30.3 Å². The van der Waals surface area contributed by atoms with Crippen LogP contribution in [0.25, 0.3) is 21.5 Å². The number of fused-ring (bicyclic) bond motifs is 2. The van der Waals surface area contributed by atoms with Gasteiger partial charge < -0.3 is 15.3 Å². The molecule has 4 unspecified atom stereocenters. The van der Waals surface area contributed by atoms with E-state index >= 15 is 0 Å². The molecular weight excluding hydrogens is 288 g/mol. The number of aryl methyl sites for hydroxylation is 1. The fraction of sp³-hybridized carbons (Fsp3) is 0.300. The molecule has 0 amide bonds. The van der Waals surface area contributed by atoms with Crippen LogP contribution in [0.15, 0.2) is 42.5 Å². The van der Waals surface area contributed by atoms with Crippen LogP contribution < -0.4 is 0 Å². The van der Waals surface area contributed by atoms with Crippen LogP contribution in [0.5, 0.6) is 0 Å². The molecule has 4 atom stereocenters. The topological polar surface area (TPSA) is 60.7 Å². The highest BCUT2D eigenvalue weighted by molar-refractivity contribution is 6.11. The summed E-state index contributed by atoms with van der Waals surface area (Å²) in [5.41, 5.74) is 3.10. The summed E-state index contributed by atoms with van der Waals surface area (Å²) in [7, 11) is 0. The van der Waals surface area contributed by atoms with Crippen molar-refractivity contribution in [2.45, 2.75) is 37.1 Å². The largest absolute Gasteiger partial charge is 0.390 e. The average molecular weight is 306 g/mol. The Balaban J connectivity index is 1.96. The lowest BCUT2D eigenvalue weighted by atomic mass is 9.69. The Morgan fingerprint density at radius 1 is 0.870 bits per heavy atom. The van der Waals surface area contributed by atoms with Gasteiger partial charge >= 0.3 is 0 Å². The summed E-state index contributed by atoms with van der Waals surface area (Å²) in [6.07, 6.45) is -1.32. The highest BCUT2D eigenvalue weighted by atomic mass is 16.4. The summed E-state index contributed by atoms with van der Waals surface area (Å²) in [5, 5.41) is 35.8. The van der Waals surface area contributed by atoms with Crippen LogP contribution in [-0.4, -0.2) is 27.5 Å². The molecule has 3 aromatic carbocycles. The lowest BCUT2D eigenvalue weighted by Crippen LogP contribution is -2.42. The van der Waals surface area contributed by atoms with Crippen molar-refractivity contribution in [1.29, 1.82) is 0 Å². The lowest BCUT2D eigenvalue weighted by Gasteiger charge is -2.40. The summed E-state index contributed by atoms with van der Waals surface area (Å²) in [5.74, 6) is -0.0965. The number of rotatable bonds is 0. The van der Waals surface area contributed by atoms with Gasteiger partial charge in [-0.2, -0.15) is 0 Å². The number of aliphatic hydroxyl groups is 3. The third-order valence-electron chi connectivity index (χ3n) is 5.68. The van der Waals surface area contributed by atoms with Crippen LogP contribution in [0.2, 0.25) is 0 Å². The highest BCUT2D eigenvalue weighted by Crippen LogP contribution is 2.48. The Morgan fingerprint density at radius 2 is 1.70 bits per heavy atom. The van der Waals surface area contributed by atoms with Gasteiger partial charge in [0.2, 0.25) is 0 Å². The maximum atomic E-state index is 10.4. The quantitative estimate of drug-likeness (QED) is 0.560. The van der Waals surface area contributed by atoms with Gasteiger partial charge in [-0.3, -0.25) is 0 Å². The predicted octanol–water partition coefficient (Wildman–Crippen LogP) is 2.79. The Morgan fingerprint density at radius 3 is 2.57 bits per heavy atom. The van der Waals surface area contributed by atoms with Gasteiger partial charge in [-0.15, -0.1) is 0 Å². The lowest BCUT2D eigenvalue weighted by molar-refractivity contribution is -0.0814. The summed E-state index contributed by atoms with van der Waals surface area (Å²) in [6.45, 7) is 0. The first-order valence-corrected chi connectivity index (χ1v) is 8.18. The predicted molar refractivity (Wildman–Crippen MR) is 89.5 cm³/mol. The van der Waals surface area contributed by atoms with Crippen LogP contribution in [0, 0.1) is 0 Å². The first kappa shape index (κ1) is 13.5. The molecule has 3 heteroatoms. The molecule has 0 aromatic heterocycles. The second-order valence-corrected chi connectivity index (χ2v) is 6.82. The molecule has 0 heterocycles. The zero-order chi connectivity index (χ0) is 15.7. The van der Waals surface area contributed by atoms with Crippen LogP contribution in [0.4, 0.5) is 0 Å². The van der Waals surface area contributed by atoms with Crippen LogP contribution >= 0.6 is 0 Å². The van der Waals surface area contributed by atoms with E-state index < -0.39 is 18.3 Å². The maximum absolute atomic E-state index is 10.4. The fourth-order valence-electron chi connectivity index (χ4n) is 4.59. The molecule has 0 saturated heterocycles. The summed E-state index contributed by atoms with van der Waals surface area (Å²) in [4.78, 5) is 0. The van der Waals surface area contributed by atoms with Crippen molar-refractivity contribution in [2.24, 2.45) is 0 Å². The van der Waals surface area contributed by atoms with Gasteiger partial charge in [0.05, 0.1) is 6.10 Å². The van der Waals surface area contributed by atoms with Crippen molar-refractivity contribution in [3.63, 3.8) is 0 Å². The third-order valence-corrected chi connectivity index (χ3v) is 5.68. The molecule has 0 saturated carbocycles. The van der Waals surface area contributed by atoms with E-state index in [4.69, 9.17) is 0 Å². The minimum Gasteiger partial charge on any atom is -0.390 e. The Kier molecular flexibility index (Phi) is 2.66. The van der Waals surface area contributed by atoms with Gasteiger partial charge in [-0.1, -0.05) is 42.5 Å². The highest BCUT2D eigenvalue weighted by Gasteiger charge is 2.42. The molecule has 0 radical (unpaired) electrons. The molecule has 0 spiro atoms. The monoisotopic (exact) mass is 306 g/mol. The van der Waals surface area contributed by atoms with E-state index in [1.54, 1.807) is 0 Å². The van der Waals surface area contributed by atoms with Crippen molar-refractivity contribution in [3.8, 4) is 0 Å². The minimum absolute atomic E-state index is 0.0965. The molecule has 3 aromatic rings. The van der Waals surface area contributed by atoms with Crippen molar-refractivity contribution < 1.29 is 15.3 Å². The van der Waals surface area contributed by atoms with Gasteiger partial charge in [-0.25, -0.2) is 0 Å². The third kappa shape index (κ3) is 1.65. The van der Waals surface area contributed by atoms with Gasteiger partial charge in [0, 0.05) is 5.92 Å². The first-order chi connectivity index (χ1) is 11.2. The Labute approximate surface area is 133 Å². The molecule has 0 aliphatic heterocycles. The second-order valence-electron chi connectivity index (χ2n) is 6.82. The van der Waals surface area contributed by atoms with E-state index in [9.17, 15) is 15.3 Å². The summed E-state index contributed by atoms with van der Waals surface area (Å²) < 4.78 is 0. The molecule has 116 valence electrons. The normalized spacial score (nSPS) is 29.2. The van der Waals surface area contributed by atoms with Crippen molar-refractivity contribution in [2.75, 3.05) is 0 Å².